The summed E-state index contributed by atoms with van der Waals surface area (Å²) < 4.78 is 10.6. The monoisotopic (exact) mass is 378 g/mol. The molecule has 2 aromatic carbocycles. The molecule has 0 radical (unpaired) electrons. The Kier molecular flexibility index (Phi) is 6.28. The van der Waals surface area contributed by atoms with E-state index in [4.69, 9.17) is 14.7 Å². The number of amides is 1. The number of nitrogens with zero attached hydrogens (tertiary/aromatic N) is 1. The Morgan fingerprint density at radius 1 is 1.07 bits per heavy atom. The Bertz CT molecular complexity index is 911. The fourth-order valence-corrected chi connectivity index (χ4v) is 3.31. The van der Waals surface area contributed by atoms with Crippen molar-refractivity contribution < 1.29 is 19.1 Å². The van der Waals surface area contributed by atoms with Crippen molar-refractivity contribution in [1.29, 1.82) is 5.26 Å². The van der Waals surface area contributed by atoms with Gasteiger partial charge in [0.2, 0.25) is 5.91 Å². The SMILES string of the molecule is COc1cc(C#N)ccc1OC(=O)c1cccc(NC(=O)C2CCCCC2)c1. The third kappa shape index (κ3) is 4.68. The molecule has 1 amide bonds. The summed E-state index contributed by atoms with van der Waals surface area (Å²) in [7, 11) is 1.44. The zero-order valence-electron chi connectivity index (χ0n) is 15.7. The highest BCUT2D eigenvalue weighted by Gasteiger charge is 2.21. The van der Waals surface area contributed by atoms with Gasteiger partial charge in [-0.2, -0.15) is 5.26 Å². The van der Waals surface area contributed by atoms with E-state index in [9.17, 15) is 9.59 Å². The fourth-order valence-electron chi connectivity index (χ4n) is 3.31. The lowest BCUT2D eigenvalue weighted by molar-refractivity contribution is -0.120. The van der Waals surface area contributed by atoms with Gasteiger partial charge < -0.3 is 14.8 Å². The summed E-state index contributed by atoms with van der Waals surface area (Å²) in [5, 5.41) is 11.9. The quantitative estimate of drug-likeness (QED) is 0.619. The van der Waals surface area contributed by atoms with Gasteiger partial charge in [0.25, 0.3) is 0 Å². The maximum absolute atomic E-state index is 12.5. The van der Waals surface area contributed by atoms with Crippen molar-refractivity contribution in [2.45, 2.75) is 32.1 Å². The smallest absolute Gasteiger partial charge is 0.343 e. The van der Waals surface area contributed by atoms with E-state index in [2.05, 4.69) is 5.32 Å². The van der Waals surface area contributed by atoms with Crippen LogP contribution in [0.1, 0.15) is 48.0 Å². The van der Waals surface area contributed by atoms with Gasteiger partial charge in [-0.15, -0.1) is 0 Å². The van der Waals surface area contributed by atoms with E-state index in [1.165, 1.54) is 25.7 Å². The van der Waals surface area contributed by atoms with Gasteiger partial charge in [-0.1, -0.05) is 25.3 Å². The lowest BCUT2D eigenvalue weighted by Crippen LogP contribution is -2.24. The number of rotatable bonds is 5. The van der Waals surface area contributed by atoms with Crippen molar-refractivity contribution in [3.63, 3.8) is 0 Å². The molecule has 0 bridgehead atoms. The number of anilines is 1. The number of hydrogen-bond acceptors (Lipinski definition) is 5. The molecule has 0 saturated heterocycles. The molecule has 1 aliphatic carbocycles. The molecule has 28 heavy (non-hydrogen) atoms. The predicted octanol–water partition coefficient (Wildman–Crippen LogP) is 4.30. The Balaban J connectivity index is 1.70. The van der Waals surface area contributed by atoms with Gasteiger partial charge in [-0.3, -0.25) is 4.79 Å². The van der Waals surface area contributed by atoms with Gasteiger partial charge >= 0.3 is 5.97 Å². The summed E-state index contributed by atoms with van der Waals surface area (Å²) >= 11 is 0. The van der Waals surface area contributed by atoms with Gasteiger partial charge in [0.05, 0.1) is 24.3 Å². The van der Waals surface area contributed by atoms with Crippen molar-refractivity contribution in [3.05, 3.63) is 53.6 Å². The van der Waals surface area contributed by atoms with Crippen LogP contribution in [0.15, 0.2) is 42.5 Å². The van der Waals surface area contributed by atoms with E-state index in [1.807, 2.05) is 6.07 Å². The number of methoxy groups -OCH3 is 1. The van der Waals surface area contributed by atoms with Crippen LogP contribution in [0.25, 0.3) is 0 Å². The highest BCUT2D eigenvalue weighted by molar-refractivity contribution is 5.96. The van der Waals surface area contributed by atoms with Crippen LogP contribution in [0.5, 0.6) is 11.5 Å². The number of benzene rings is 2. The van der Waals surface area contributed by atoms with Crippen molar-refractivity contribution >= 4 is 17.6 Å². The molecular formula is C22H22N2O4. The Morgan fingerprint density at radius 2 is 1.86 bits per heavy atom. The normalized spacial score (nSPS) is 14.0. The third-order valence-corrected chi connectivity index (χ3v) is 4.84. The van der Waals surface area contributed by atoms with Crippen LogP contribution >= 0.6 is 0 Å². The summed E-state index contributed by atoms with van der Waals surface area (Å²) in [5.41, 5.74) is 1.29. The molecule has 0 heterocycles. The molecule has 0 unspecified atom stereocenters. The molecule has 6 nitrogen and oxygen atoms in total. The maximum Gasteiger partial charge on any atom is 0.343 e. The molecule has 3 rings (SSSR count). The molecule has 6 heteroatoms. The Labute approximate surface area is 164 Å². The first-order chi connectivity index (χ1) is 13.6. The minimum absolute atomic E-state index is 0.000946. The lowest BCUT2D eigenvalue weighted by atomic mass is 9.88. The van der Waals surface area contributed by atoms with Crippen LogP contribution in [-0.4, -0.2) is 19.0 Å². The number of esters is 1. The molecule has 1 N–H and O–H groups in total. The second kappa shape index (κ2) is 9.05. The van der Waals surface area contributed by atoms with Crippen LogP contribution in [0, 0.1) is 17.2 Å². The topological polar surface area (TPSA) is 88.4 Å². The van der Waals surface area contributed by atoms with Crippen LogP contribution in [0.3, 0.4) is 0 Å². The van der Waals surface area contributed by atoms with Crippen molar-refractivity contribution in [1.82, 2.24) is 0 Å². The predicted molar refractivity (Wildman–Crippen MR) is 104 cm³/mol. The van der Waals surface area contributed by atoms with Crippen LogP contribution in [-0.2, 0) is 4.79 Å². The summed E-state index contributed by atoms with van der Waals surface area (Å²) in [6, 6.07) is 13.2. The largest absolute Gasteiger partial charge is 0.493 e. The lowest BCUT2D eigenvalue weighted by Gasteiger charge is -2.20. The van der Waals surface area contributed by atoms with E-state index < -0.39 is 5.97 Å². The molecule has 0 aliphatic heterocycles. The molecule has 144 valence electrons. The van der Waals surface area contributed by atoms with E-state index in [-0.39, 0.29) is 17.6 Å². The minimum atomic E-state index is -0.572. The molecule has 2 aromatic rings. The van der Waals surface area contributed by atoms with E-state index in [1.54, 1.807) is 30.3 Å². The third-order valence-electron chi connectivity index (χ3n) is 4.84. The number of ether oxygens (including phenoxy) is 2. The van der Waals surface area contributed by atoms with Crippen molar-refractivity contribution in [2.75, 3.05) is 12.4 Å². The van der Waals surface area contributed by atoms with Gasteiger partial charge in [0, 0.05) is 17.7 Å². The first-order valence-corrected chi connectivity index (χ1v) is 9.32. The minimum Gasteiger partial charge on any atom is -0.493 e. The number of carbonyl (C=O) groups is 2. The number of hydrogen-bond donors (Lipinski definition) is 1. The molecule has 0 atom stereocenters. The van der Waals surface area contributed by atoms with Crippen molar-refractivity contribution in [2.24, 2.45) is 5.92 Å². The highest BCUT2D eigenvalue weighted by Crippen LogP contribution is 2.29. The molecule has 0 spiro atoms. The molecule has 1 aliphatic rings. The van der Waals surface area contributed by atoms with Gasteiger partial charge in [0.1, 0.15) is 0 Å². The van der Waals surface area contributed by atoms with Gasteiger partial charge in [-0.25, -0.2) is 4.79 Å². The maximum atomic E-state index is 12.5. The van der Waals surface area contributed by atoms with Crippen LogP contribution in [0.4, 0.5) is 5.69 Å². The molecule has 0 aromatic heterocycles. The van der Waals surface area contributed by atoms with Crippen LogP contribution in [0.2, 0.25) is 0 Å². The highest BCUT2D eigenvalue weighted by atomic mass is 16.6. The van der Waals surface area contributed by atoms with Gasteiger partial charge in [-0.05, 0) is 43.2 Å². The summed E-state index contributed by atoms with van der Waals surface area (Å²) in [6.07, 6.45) is 5.16. The average molecular weight is 378 g/mol. The van der Waals surface area contributed by atoms with Crippen LogP contribution < -0.4 is 14.8 Å². The summed E-state index contributed by atoms with van der Waals surface area (Å²) in [4.78, 5) is 24.9. The second-order valence-electron chi connectivity index (χ2n) is 6.77. The first kappa shape index (κ1) is 19.4. The van der Waals surface area contributed by atoms with E-state index in [0.717, 1.165) is 25.7 Å². The number of nitrogens with one attached hydrogen (secondary N) is 1. The van der Waals surface area contributed by atoms with E-state index in [0.29, 0.717) is 22.6 Å². The molecule has 1 saturated carbocycles. The van der Waals surface area contributed by atoms with E-state index >= 15 is 0 Å². The second-order valence-corrected chi connectivity index (χ2v) is 6.77. The summed E-state index contributed by atoms with van der Waals surface area (Å²) in [5.74, 6) is -0.0136. The first-order valence-electron chi connectivity index (χ1n) is 9.32. The summed E-state index contributed by atoms with van der Waals surface area (Å²) in [6.45, 7) is 0. The Hall–Kier alpha value is -3.33. The number of carbonyl (C=O) groups excluding carboxylic acids is 2. The van der Waals surface area contributed by atoms with Gasteiger partial charge in [0.15, 0.2) is 11.5 Å². The zero-order chi connectivity index (χ0) is 19.9. The van der Waals surface area contributed by atoms with Crippen molar-refractivity contribution in [3.8, 4) is 17.6 Å². The molecular weight excluding hydrogens is 356 g/mol. The number of nitriles is 1. The molecule has 1 fully saturated rings. The standard InChI is InChI=1S/C22H22N2O4/c1-27-20-12-15(14-23)10-11-19(20)28-22(26)17-8-5-9-18(13-17)24-21(25)16-6-3-2-4-7-16/h5,8-13,16H,2-4,6-7H2,1H3,(H,24,25). The average Bonchev–Trinajstić information content (AvgIpc) is 2.74. The Morgan fingerprint density at radius 3 is 2.57 bits per heavy atom. The fraction of sp³-hybridized carbons (Fsp3) is 0.318. The zero-order valence-corrected chi connectivity index (χ0v) is 15.7.